The summed E-state index contributed by atoms with van der Waals surface area (Å²) in [6.45, 7) is 3.27. The molecule has 2 aromatic heterocycles. The van der Waals surface area contributed by atoms with E-state index < -0.39 is 36.0 Å². The smallest absolute Gasteiger partial charge is 0.433 e. The first kappa shape index (κ1) is 28.1. The van der Waals surface area contributed by atoms with Crippen LogP contribution in [-0.2, 0) is 6.18 Å². The van der Waals surface area contributed by atoms with Gasteiger partial charge in [-0.15, -0.1) is 0 Å². The van der Waals surface area contributed by atoms with Gasteiger partial charge in [0.05, 0.1) is 25.3 Å². The first-order valence-electron chi connectivity index (χ1n) is 12.8. The van der Waals surface area contributed by atoms with E-state index >= 15 is 0 Å². The van der Waals surface area contributed by atoms with Gasteiger partial charge in [0, 0.05) is 10.9 Å². The fourth-order valence-corrected chi connectivity index (χ4v) is 4.73. The SMILES string of the molecule is COc1ccc(-c2nc(C(=O)N[C@@H](C)c3cccc4ccccc34)c([C@@H](N)[C@@H](C)O)o2)c2ccc(C(F)(F)F)nc12. The zero-order valence-corrected chi connectivity index (χ0v) is 22.4. The van der Waals surface area contributed by atoms with E-state index in [4.69, 9.17) is 14.9 Å². The summed E-state index contributed by atoms with van der Waals surface area (Å²) in [6.07, 6.45) is -5.76. The van der Waals surface area contributed by atoms with Gasteiger partial charge < -0.3 is 25.3 Å². The van der Waals surface area contributed by atoms with E-state index in [2.05, 4.69) is 15.3 Å². The summed E-state index contributed by atoms with van der Waals surface area (Å²) in [4.78, 5) is 21.7. The number of halogens is 3. The highest BCUT2D eigenvalue weighted by Gasteiger charge is 2.34. The number of carbonyl (C=O) groups excluding carboxylic acids is 1. The number of ether oxygens (including phenoxy) is 1. The number of hydrogen-bond donors (Lipinski definition) is 3. The molecule has 0 aliphatic rings. The van der Waals surface area contributed by atoms with Crippen molar-refractivity contribution in [2.45, 2.75) is 38.2 Å². The normalized spacial score (nSPS) is 14.1. The van der Waals surface area contributed by atoms with Crippen LogP contribution in [0.3, 0.4) is 0 Å². The molecule has 0 unspecified atom stereocenters. The predicted octanol–water partition coefficient (Wildman–Crippen LogP) is 5.94. The van der Waals surface area contributed by atoms with Crippen LogP contribution in [0.2, 0.25) is 0 Å². The Bertz CT molecular complexity index is 1740. The second kappa shape index (κ2) is 10.8. The van der Waals surface area contributed by atoms with Gasteiger partial charge >= 0.3 is 6.18 Å². The molecule has 0 radical (unpaired) electrons. The number of nitrogens with one attached hydrogen (secondary N) is 1. The minimum Gasteiger partial charge on any atom is -0.494 e. The molecule has 3 aromatic carbocycles. The average Bonchev–Trinajstić information content (AvgIpc) is 3.40. The first-order valence-corrected chi connectivity index (χ1v) is 12.8. The van der Waals surface area contributed by atoms with Gasteiger partial charge in [0.25, 0.3) is 5.91 Å². The quantitative estimate of drug-likeness (QED) is 0.223. The lowest BCUT2D eigenvalue weighted by atomic mass is 9.99. The van der Waals surface area contributed by atoms with Crippen LogP contribution >= 0.6 is 0 Å². The summed E-state index contributed by atoms with van der Waals surface area (Å²) in [5.74, 6) is -0.624. The molecule has 0 bridgehead atoms. The number of hydrogen-bond acceptors (Lipinski definition) is 7. The number of rotatable bonds is 7. The van der Waals surface area contributed by atoms with E-state index in [0.29, 0.717) is 0 Å². The summed E-state index contributed by atoms with van der Waals surface area (Å²) >= 11 is 0. The predicted molar refractivity (Wildman–Crippen MR) is 147 cm³/mol. The maximum absolute atomic E-state index is 13.5. The largest absolute Gasteiger partial charge is 0.494 e. The van der Waals surface area contributed by atoms with Gasteiger partial charge in [-0.2, -0.15) is 13.2 Å². The van der Waals surface area contributed by atoms with Crippen LogP contribution in [0.15, 0.2) is 71.1 Å². The second-order valence-electron chi connectivity index (χ2n) is 9.67. The molecule has 0 aliphatic heterocycles. The molecule has 41 heavy (non-hydrogen) atoms. The van der Waals surface area contributed by atoms with Gasteiger partial charge in [-0.25, -0.2) is 9.97 Å². The molecule has 0 saturated heterocycles. The third-order valence-electron chi connectivity index (χ3n) is 6.89. The number of methoxy groups -OCH3 is 1. The van der Waals surface area contributed by atoms with Crippen molar-refractivity contribution in [2.75, 3.05) is 7.11 Å². The molecule has 5 aromatic rings. The summed E-state index contributed by atoms with van der Waals surface area (Å²) in [5, 5.41) is 15.4. The van der Waals surface area contributed by atoms with Crippen molar-refractivity contribution in [3.8, 4) is 17.2 Å². The molecule has 5 rings (SSSR count). The van der Waals surface area contributed by atoms with Crippen molar-refractivity contribution in [3.05, 3.63) is 89.4 Å². The van der Waals surface area contributed by atoms with Crippen LogP contribution in [0.25, 0.3) is 33.1 Å². The van der Waals surface area contributed by atoms with Crippen molar-refractivity contribution >= 4 is 27.6 Å². The molecule has 0 aliphatic carbocycles. The third-order valence-corrected chi connectivity index (χ3v) is 6.89. The van der Waals surface area contributed by atoms with E-state index in [0.717, 1.165) is 22.4 Å². The van der Waals surface area contributed by atoms with Crippen molar-refractivity contribution in [3.63, 3.8) is 0 Å². The topological polar surface area (TPSA) is 124 Å². The average molecular weight is 565 g/mol. The van der Waals surface area contributed by atoms with Gasteiger partial charge in [0.15, 0.2) is 11.5 Å². The minimum absolute atomic E-state index is 0.0602. The number of amides is 1. The summed E-state index contributed by atoms with van der Waals surface area (Å²) < 4.78 is 51.3. The standard InChI is InChI=1S/C30H27F3N4O4/c1-15(18-10-6-8-17-7-4-5-9-19(17)18)35-28(39)26-27(24(34)16(2)38)41-29(37-26)21-11-13-22(40-3)25-20(21)12-14-23(36-25)30(31,32)33/h4-16,24,38H,34H2,1-3H3,(H,35,39)/t15-,16+,24-/m0/s1. The number of nitrogens with two attached hydrogens (primary N) is 1. The fraction of sp³-hybridized carbons (Fsp3) is 0.233. The number of benzene rings is 3. The minimum atomic E-state index is -4.67. The maximum atomic E-state index is 13.5. The summed E-state index contributed by atoms with van der Waals surface area (Å²) in [5.41, 5.74) is 6.04. The van der Waals surface area contributed by atoms with E-state index in [-0.39, 0.29) is 39.6 Å². The number of fused-ring (bicyclic) bond motifs is 2. The number of nitrogens with zero attached hydrogens (tertiary/aromatic N) is 2. The molecule has 2 heterocycles. The number of alkyl halides is 3. The van der Waals surface area contributed by atoms with Gasteiger partial charge in [0.2, 0.25) is 5.89 Å². The third kappa shape index (κ3) is 5.33. The summed E-state index contributed by atoms with van der Waals surface area (Å²) in [7, 11) is 1.32. The highest BCUT2D eigenvalue weighted by Crippen LogP contribution is 2.38. The zero-order valence-electron chi connectivity index (χ0n) is 22.4. The van der Waals surface area contributed by atoms with Gasteiger partial charge in [-0.05, 0) is 54.4 Å². The van der Waals surface area contributed by atoms with Gasteiger partial charge in [-0.3, -0.25) is 4.79 Å². The molecule has 0 fully saturated rings. The Morgan fingerprint density at radius 2 is 1.73 bits per heavy atom. The van der Waals surface area contributed by atoms with E-state index in [9.17, 15) is 23.1 Å². The van der Waals surface area contributed by atoms with Crippen molar-refractivity contribution in [1.29, 1.82) is 0 Å². The van der Waals surface area contributed by atoms with Gasteiger partial charge in [-0.1, -0.05) is 42.5 Å². The van der Waals surface area contributed by atoms with Crippen LogP contribution in [-0.4, -0.2) is 34.2 Å². The van der Waals surface area contributed by atoms with Crippen LogP contribution in [0.5, 0.6) is 5.75 Å². The molecule has 212 valence electrons. The molecule has 3 atom stereocenters. The number of pyridine rings is 1. The lowest BCUT2D eigenvalue weighted by Gasteiger charge is -2.17. The number of carbonyl (C=O) groups is 1. The highest BCUT2D eigenvalue weighted by molar-refractivity contribution is 5.98. The Morgan fingerprint density at radius 3 is 2.44 bits per heavy atom. The number of oxazole rings is 1. The van der Waals surface area contributed by atoms with Crippen LogP contribution in [0.4, 0.5) is 13.2 Å². The summed E-state index contributed by atoms with van der Waals surface area (Å²) in [6, 6.07) is 17.1. The van der Waals surface area contributed by atoms with Crippen LogP contribution < -0.4 is 15.8 Å². The number of aromatic nitrogens is 2. The molecular weight excluding hydrogens is 537 g/mol. The Hall–Kier alpha value is -4.48. The van der Waals surface area contributed by atoms with Crippen molar-refractivity contribution in [1.82, 2.24) is 15.3 Å². The molecule has 0 spiro atoms. The Morgan fingerprint density at radius 1 is 1.00 bits per heavy atom. The molecule has 1 amide bonds. The fourth-order valence-electron chi connectivity index (χ4n) is 4.73. The number of aliphatic hydroxyl groups is 1. The molecule has 0 saturated carbocycles. The molecule has 8 nitrogen and oxygen atoms in total. The van der Waals surface area contributed by atoms with E-state index in [1.165, 1.54) is 26.2 Å². The number of aliphatic hydroxyl groups excluding tert-OH is 1. The van der Waals surface area contributed by atoms with E-state index in [1.807, 2.05) is 49.4 Å². The lowest BCUT2D eigenvalue weighted by molar-refractivity contribution is -0.140. The first-order chi connectivity index (χ1) is 19.5. The second-order valence-corrected chi connectivity index (χ2v) is 9.67. The Kier molecular flexibility index (Phi) is 7.41. The molecule has 4 N–H and O–H groups in total. The van der Waals surface area contributed by atoms with Crippen LogP contribution in [0, 0.1) is 0 Å². The zero-order chi connectivity index (χ0) is 29.5. The van der Waals surface area contributed by atoms with Crippen LogP contribution in [0.1, 0.15) is 53.4 Å². The maximum Gasteiger partial charge on any atom is 0.433 e. The highest BCUT2D eigenvalue weighted by atomic mass is 19.4. The van der Waals surface area contributed by atoms with Gasteiger partial charge in [0.1, 0.15) is 17.0 Å². The molecular formula is C30H27F3N4O4. The van der Waals surface area contributed by atoms with Crippen molar-refractivity contribution < 1.29 is 32.2 Å². The van der Waals surface area contributed by atoms with E-state index in [1.54, 1.807) is 6.07 Å². The Labute approximate surface area is 233 Å². The molecule has 11 heteroatoms. The Balaban J connectivity index is 1.58. The van der Waals surface area contributed by atoms with Crippen molar-refractivity contribution in [2.24, 2.45) is 5.73 Å². The lowest BCUT2D eigenvalue weighted by Crippen LogP contribution is -2.30. The monoisotopic (exact) mass is 564 g/mol.